The van der Waals surface area contributed by atoms with Crippen LogP contribution in [0.2, 0.25) is 0 Å². The number of fused-ring (bicyclic) bond motifs is 1. The lowest BCUT2D eigenvalue weighted by Crippen LogP contribution is -2.31. The Kier molecular flexibility index (Phi) is 4.39. The van der Waals surface area contributed by atoms with Gasteiger partial charge in [0.15, 0.2) is 0 Å². The van der Waals surface area contributed by atoms with Crippen LogP contribution in [-0.4, -0.2) is 23.1 Å². The Labute approximate surface area is 130 Å². The van der Waals surface area contributed by atoms with Crippen molar-refractivity contribution in [1.29, 1.82) is 0 Å². The Morgan fingerprint density at radius 3 is 3.05 bits per heavy atom. The summed E-state index contributed by atoms with van der Waals surface area (Å²) in [6.45, 7) is 7.22. The van der Waals surface area contributed by atoms with Crippen molar-refractivity contribution in [2.45, 2.75) is 39.7 Å². The highest BCUT2D eigenvalue weighted by molar-refractivity contribution is 7.10. The van der Waals surface area contributed by atoms with E-state index in [1.807, 2.05) is 11.3 Å². The molecule has 1 aliphatic heterocycles. The van der Waals surface area contributed by atoms with Crippen molar-refractivity contribution in [3.63, 3.8) is 0 Å². The molecule has 1 N–H and O–H groups in total. The van der Waals surface area contributed by atoms with Crippen LogP contribution in [0.1, 0.15) is 36.3 Å². The fourth-order valence-electron chi connectivity index (χ4n) is 2.90. The van der Waals surface area contributed by atoms with E-state index in [0.29, 0.717) is 0 Å². The van der Waals surface area contributed by atoms with Gasteiger partial charge in [-0.3, -0.25) is 0 Å². The van der Waals surface area contributed by atoms with Gasteiger partial charge in [-0.2, -0.15) is 0 Å². The summed E-state index contributed by atoms with van der Waals surface area (Å²) in [5.41, 5.74) is 2.72. The summed E-state index contributed by atoms with van der Waals surface area (Å²) >= 11 is 1.88. The average Bonchev–Trinajstić information content (AvgIpc) is 2.97. The van der Waals surface area contributed by atoms with Crippen LogP contribution in [0.5, 0.6) is 0 Å². The van der Waals surface area contributed by atoms with Crippen LogP contribution in [0, 0.1) is 0 Å². The number of anilines is 2. The third-order valence-corrected chi connectivity index (χ3v) is 4.90. The van der Waals surface area contributed by atoms with Gasteiger partial charge in [-0.15, -0.1) is 11.3 Å². The standard InChI is InChI=1S/C16H22N4S/c1-3-5-13-15(17-4-2)18-11-19-16(13)20-8-6-14-12(10-20)7-9-21-14/h7,9,11H,3-6,8,10H2,1-2H3,(H,17,18,19). The minimum Gasteiger partial charge on any atom is -0.370 e. The molecule has 2 aromatic rings. The second-order valence-corrected chi connectivity index (χ2v) is 6.35. The molecule has 3 rings (SSSR count). The van der Waals surface area contributed by atoms with E-state index in [2.05, 4.69) is 45.5 Å². The van der Waals surface area contributed by atoms with Crippen LogP contribution in [0.3, 0.4) is 0 Å². The molecule has 112 valence electrons. The first-order valence-corrected chi connectivity index (χ1v) is 8.59. The largest absolute Gasteiger partial charge is 0.370 e. The maximum absolute atomic E-state index is 4.60. The highest BCUT2D eigenvalue weighted by atomic mass is 32.1. The number of thiophene rings is 1. The molecule has 21 heavy (non-hydrogen) atoms. The van der Waals surface area contributed by atoms with Gasteiger partial charge in [0.25, 0.3) is 0 Å². The molecular formula is C16H22N4S. The maximum atomic E-state index is 4.60. The van der Waals surface area contributed by atoms with Gasteiger partial charge in [0.05, 0.1) is 0 Å². The number of aromatic nitrogens is 2. The number of rotatable bonds is 5. The number of nitrogens with one attached hydrogen (secondary N) is 1. The van der Waals surface area contributed by atoms with E-state index in [9.17, 15) is 0 Å². The average molecular weight is 302 g/mol. The summed E-state index contributed by atoms with van der Waals surface area (Å²) in [7, 11) is 0. The van der Waals surface area contributed by atoms with Crippen molar-refractivity contribution >= 4 is 23.0 Å². The van der Waals surface area contributed by atoms with E-state index < -0.39 is 0 Å². The Balaban J connectivity index is 1.93. The normalized spacial score (nSPS) is 14.1. The second-order valence-electron chi connectivity index (χ2n) is 5.35. The second kappa shape index (κ2) is 6.43. The van der Waals surface area contributed by atoms with Gasteiger partial charge in [0, 0.05) is 30.1 Å². The molecule has 4 nitrogen and oxygen atoms in total. The highest BCUT2D eigenvalue weighted by Crippen LogP contribution is 2.31. The monoisotopic (exact) mass is 302 g/mol. The third-order valence-electron chi connectivity index (χ3n) is 3.87. The van der Waals surface area contributed by atoms with Crippen molar-refractivity contribution in [2.75, 3.05) is 23.3 Å². The number of hydrogen-bond acceptors (Lipinski definition) is 5. The molecule has 3 heterocycles. The van der Waals surface area contributed by atoms with Crippen molar-refractivity contribution in [2.24, 2.45) is 0 Å². The van der Waals surface area contributed by atoms with Crippen molar-refractivity contribution in [1.82, 2.24) is 9.97 Å². The van der Waals surface area contributed by atoms with E-state index >= 15 is 0 Å². The van der Waals surface area contributed by atoms with Gasteiger partial charge < -0.3 is 10.2 Å². The van der Waals surface area contributed by atoms with Crippen LogP contribution in [0.4, 0.5) is 11.6 Å². The molecule has 0 bridgehead atoms. The molecule has 0 fully saturated rings. The van der Waals surface area contributed by atoms with Crippen molar-refractivity contribution in [3.8, 4) is 0 Å². The molecule has 0 atom stereocenters. The molecule has 5 heteroatoms. The molecule has 0 aliphatic carbocycles. The molecule has 0 saturated carbocycles. The number of nitrogens with zero attached hydrogens (tertiary/aromatic N) is 3. The fraction of sp³-hybridized carbons (Fsp3) is 0.500. The van der Waals surface area contributed by atoms with E-state index in [-0.39, 0.29) is 0 Å². The molecular weight excluding hydrogens is 280 g/mol. The van der Waals surface area contributed by atoms with E-state index in [4.69, 9.17) is 0 Å². The molecule has 0 saturated heterocycles. The molecule has 2 aromatic heterocycles. The zero-order chi connectivity index (χ0) is 14.7. The topological polar surface area (TPSA) is 41.1 Å². The molecule has 0 spiro atoms. The smallest absolute Gasteiger partial charge is 0.137 e. The third kappa shape index (κ3) is 2.88. The fourth-order valence-corrected chi connectivity index (χ4v) is 3.79. The van der Waals surface area contributed by atoms with E-state index in [1.165, 1.54) is 16.0 Å². The Morgan fingerprint density at radius 1 is 1.33 bits per heavy atom. The summed E-state index contributed by atoms with van der Waals surface area (Å²) in [6, 6.07) is 2.25. The summed E-state index contributed by atoms with van der Waals surface area (Å²) in [4.78, 5) is 13.0. The Morgan fingerprint density at radius 2 is 2.24 bits per heavy atom. The van der Waals surface area contributed by atoms with E-state index in [0.717, 1.165) is 50.5 Å². The molecule has 0 aromatic carbocycles. The van der Waals surface area contributed by atoms with E-state index in [1.54, 1.807) is 6.33 Å². The summed E-state index contributed by atoms with van der Waals surface area (Å²) in [5.74, 6) is 2.11. The summed E-state index contributed by atoms with van der Waals surface area (Å²) in [6.07, 6.45) is 4.94. The van der Waals surface area contributed by atoms with Gasteiger partial charge in [-0.05, 0) is 36.8 Å². The van der Waals surface area contributed by atoms with Gasteiger partial charge in [0.1, 0.15) is 18.0 Å². The van der Waals surface area contributed by atoms with Crippen LogP contribution in [-0.2, 0) is 19.4 Å². The minimum atomic E-state index is 0.891. The Bertz CT molecular complexity index is 608. The van der Waals surface area contributed by atoms with Crippen molar-refractivity contribution < 1.29 is 0 Å². The van der Waals surface area contributed by atoms with Gasteiger partial charge in [0.2, 0.25) is 0 Å². The summed E-state index contributed by atoms with van der Waals surface area (Å²) in [5, 5.41) is 5.58. The molecule has 0 amide bonds. The lowest BCUT2D eigenvalue weighted by atomic mass is 10.1. The highest BCUT2D eigenvalue weighted by Gasteiger charge is 2.22. The lowest BCUT2D eigenvalue weighted by molar-refractivity contribution is 0.720. The first-order chi connectivity index (χ1) is 10.3. The minimum absolute atomic E-state index is 0.891. The molecule has 1 aliphatic rings. The van der Waals surface area contributed by atoms with Gasteiger partial charge in [-0.1, -0.05) is 13.3 Å². The van der Waals surface area contributed by atoms with Gasteiger partial charge >= 0.3 is 0 Å². The van der Waals surface area contributed by atoms with Crippen LogP contribution in [0.25, 0.3) is 0 Å². The molecule has 0 unspecified atom stereocenters. The maximum Gasteiger partial charge on any atom is 0.137 e. The first-order valence-electron chi connectivity index (χ1n) is 7.71. The predicted octanol–water partition coefficient (Wildman–Crippen LogP) is 3.49. The zero-order valence-electron chi connectivity index (χ0n) is 12.7. The number of hydrogen-bond donors (Lipinski definition) is 1. The van der Waals surface area contributed by atoms with Crippen LogP contribution in [0.15, 0.2) is 17.8 Å². The SMILES string of the molecule is CCCc1c(NCC)ncnc1N1CCc2sccc2C1. The summed E-state index contributed by atoms with van der Waals surface area (Å²) < 4.78 is 0. The van der Waals surface area contributed by atoms with Crippen LogP contribution < -0.4 is 10.2 Å². The quantitative estimate of drug-likeness (QED) is 0.918. The molecule has 0 radical (unpaired) electrons. The first kappa shape index (κ1) is 14.3. The van der Waals surface area contributed by atoms with Gasteiger partial charge in [-0.25, -0.2) is 9.97 Å². The lowest BCUT2D eigenvalue weighted by Gasteiger charge is -2.30. The zero-order valence-corrected chi connectivity index (χ0v) is 13.5. The van der Waals surface area contributed by atoms with Crippen molar-refractivity contribution in [3.05, 3.63) is 33.8 Å². The predicted molar refractivity (Wildman–Crippen MR) is 89.3 cm³/mol. The Hall–Kier alpha value is -1.62. The van der Waals surface area contributed by atoms with Crippen LogP contribution >= 0.6 is 11.3 Å².